The molecule has 0 radical (unpaired) electrons. The van der Waals surface area contributed by atoms with Gasteiger partial charge in [0.1, 0.15) is 17.5 Å². The summed E-state index contributed by atoms with van der Waals surface area (Å²) in [4.78, 5) is 9.11. The lowest BCUT2D eigenvalue weighted by molar-refractivity contribution is 0.466. The average Bonchev–Trinajstić information content (AvgIpc) is 3.28. The van der Waals surface area contributed by atoms with Crippen molar-refractivity contribution in [3.05, 3.63) is 11.9 Å². The number of aryl methyl sites for hydroxylation is 1. The van der Waals surface area contributed by atoms with E-state index < -0.39 is 0 Å². The Morgan fingerprint density at radius 2 is 2.00 bits per heavy atom. The van der Waals surface area contributed by atoms with Crippen LogP contribution in [0.3, 0.4) is 0 Å². The lowest BCUT2D eigenvalue weighted by Crippen LogP contribution is -2.18. The fourth-order valence-corrected chi connectivity index (χ4v) is 2.90. The molecule has 1 aromatic heterocycles. The van der Waals surface area contributed by atoms with Crippen LogP contribution in [0, 0.1) is 11.3 Å². The van der Waals surface area contributed by atoms with Gasteiger partial charge in [-0.3, -0.25) is 0 Å². The van der Waals surface area contributed by atoms with E-state index in [9.17, 15) is 0 Å². The summed E-state index contributed by atoms with van der Waals surface area (Å²) in [5.41, 5.74) is 0.607. The fraction of sp³-hybridized carbons (Fsp3) is 0.733. The Morgan fingerprint density at radius 1 is 1.26 bits per heavy atom. The van der Waals surface area contributed by atoms with Crippen LogP contribution in [0.4, 0.5) is 11.6 Å². The molecule has 0 aliphatic heterocycles. The molecule has 0 aromatic carbocycles. The summed E-state index contributed by atoms with van der Waals surface area (Å²) in [6.07, 6.45) is 7.70. The Morgan fingerprint density at radius 3 is 2.58 bits per heavy atom. The number of nitrogens with one attached hydrogen (secondary N) is 2. The molecule has 2 aliphatic carbocycles. The number of hydrogen-bond acceptors (Lipinski definition) is 4. The molecular formula is C15H24N4. The molecule has 2 saturated carbocycles. The molecule has 104 valence electrons. The third kappa shape index (κ3) is 2.82. The second kappa shape index (κ2) is 4.99. The van der Waals surface area contributed by atoms with Crippen LogP contribution in [0.15, 0.2) is 6.07 Å². The molecule has 2 N–H and O–H groups in total. The third-order valence-electron chi connectivity index (χ3n) is 4.46. The number of aromatic nitrogens is 2. The van der Waals surface area contributed by atoms with Crippen molar-refractivity contribution in [3.8, 4) is 0 Å². The summed E-state index contributed by atoms with van der Waals surface area (Å²) in [5.74, 6) is 3.82. The van der Waals surface area contributed by atoms with Gasteiger partial charge in [-0.05, 0) is 43.4 Å². The van der Waals surface area contributed by atoms with Gasteiger partial charge in [-0.15, -0.1) is 0 Å². The minimum absolute atomic E-state index is 0.607. The van der Waals surface area contributed by atoms with E-state index >= 15 is 0 Å². The van der Waals surface area contributed by atoms with Crippen LogP contribution in [-0.2, 0) is 6.42 Å². The molecule has 19 heavy (non-hydrogen) atoms. The maximum Gasteiger partial charge on any atom is 0.133 e. The zero-order chi connectivity index (χ0) is 13.3. The van der Waals surface area contributed by atoms with Crippen LogP contribution in [0.5, 0.6) is 0 Å². The first kappa shape index (κ1) is 12.7. The van der Waals surface area contributed by atoms with Crippen molar-refractivity contribution in [2.75, 3.05) is 24.2 Å². The summed E-state index contributed by atoms with van der Waals surface area (Å²) in [7, 11) is 1.91. The topological polar surface area (TPSA) is 49.8 Å². The maximum atomic E-state index is 4.62. The lowest BCUT2D eigenvalue weighted by Gasteiger charge is -2.16. The Hall–Kier alpha value is -1.32. The number of nitrogens with zero attached hydrogens (tertiary/aromatic N) is 2. The van der Waals surface area contributed by atoms with Crippen LogP contribution < -0.4 is 10.6 Å². The maximum absolute atomic E-state index is 4.62. The Balaban J connectivity index is 1.67. The molecule has 4 nitrogen and oxygen atoms in total. The van der Waals surface area contributed by atoms with Crippen molar-refractivity contribution in [2.24, 2.45) is 11.3 Å². The van der Waals surface area contributed by atoms with E-state index in [0.29, 0.717) is 5.41 Å². The quantitative estimate of drug-likeness (QED) is 0.791. The Kier molecular flexibility index (Phi) is 3.33. The highest BCUT2D eigenvalue weighted by atomic mass is 15.1. The molecule has 3 rings (SSSR count). The van der Waals surface area contributed by atoms with Gasteiger partial charge in [0.05, 0.1) is 0 Å². The van der Waals surface area contributed by atoms with Gasteiger partial charge in [0.2, 0.25) is 0 Å². The van der Waals surface area contributed by atoms with Crippen LogP contribution >= 0.6 is 0 Å². The minimum atomic E-state index is 0.607. The molecular weight excluding hydrogens is 236 g/mol. The van der Waals surface area contributed by atoms with Gasteiger partial charge in [0.25, 0.3) is 0 Å². The van der Waals surface area contributed by atoms with Gasteiger partial charge >= 0.3 is 0 Å². The van der Waals surface area contributed by atoms with Crippen LogP contribution in [0.25, 0.3) is 0 Å². The summed E-state index contributed by atoms with van der Waals surface area (Å²) >= 11 is 0. The predicted octanol–water partition coefficient (Wildman–Crippen LogP) is 3.07. The van der Waals surface area contributed by atoms with E-state index in [-0.39, 0.29) is 0 Å². The summed E-state index contributed by atoms with van der Waals surface area (Å²) in [6, 6.07) is 2.02. The monoisotopic (exact) mass is 260 g/mol. The molecule has 2 aliphatic rings. The molecule has 0 unspecified atom stereocenters. The highest BCUT2D eigenvalue weighted by Crippen LogP contribution is 2.61. The normalized spacial score (nSPS) is 20.1. The molecule has 4 heteroatoms. The first-order chi connectivity index (χ1) is 9.25. The molecule has 1 heterocycles. The minimum Gasteiger partial charge on any atom is -0.373 e. The summed E-state index contributed by atoms with van der Waals surface area (Å²) in [5, 5.41) is 6.67. The van der Waals surface area contributed by atoms with E-state index in [1.807, 2.05) is 13.1 Å². The van der Waals surface area contributed by atoms with E-state index in [4.69, 9.17) is 0 Å². The second-order valence-electron chi connectivity index (χ2n) is 6.04. The van der Waals surface area contributed by atoms with Crippen LogP contribution in [-0.4, -0.2) is 23.6 Å². The fourth-order valence-electron chi connectivity index (χ4n) is 2.90. The zero-order valence-electron chi connectivity index (χ0n) is 12.0. The molecule has 0 saturated heterocycles. The molecule has 0 atom stereocenters. The van der Waals surface area contributed by atoms with Crippen LogP contribution in [0.2, 0.25) is 0 Å². The van der Waals surface area contributed by atoms with E-state index in [1.54, 1.807) is 0 Å². The SMILES string of the molecule is CCCc1nc(NC)cc(NCC2(C3CC3)CC2)n1. The van der Waals surface area contributed by atoms with Gasteiger partial charge in [0.15, 0.2) is 0 Å². The highest BCUT2D eigenvalue weighted by Gasteiger charge is 2.53. The van der Waals surface area contributed by atoms with Crippen molar-refractivity contribution in [3.63, 3.8) is 0 Å². The molecule has 0 amide bonds. The zero-order valence-corrected chi connectivity index (χ0v) is 12.0. The first-order valence-corrected chi connectivity index (χ1v) is 7.55. The van der Waals surface area contributed by atoms with Gasteiger partial charge in [-0.25, -0.2) is 9.97 Å². The summed E-state index contributed by atoms with van der Waals surface area (Å²) in [6.45, 7) is 3.25. The van der Waals surface area contributed by atoms with Crippen molar-refractivity contribution in [1.82, 2.24) is 9.97 Å². The number of anilines is 2. The smallest absolute Gasteiger partial charge is 0.133 e. The summed E-state index contributed by atoms with van der Waals surface area (Å²) < 4.78 is 0. The van der Waals surface area contributed by atoms with Crippen LogP contribution in [0.1, 0.15) is 44.9 Å². The average molecular weight is 260 g/mol. The van der Waals surface area contributed by atoms with Crippen molar-refractivity contribution < 1.29 is 0 Å². The Labute approximate surface area is 115 Å². The lowest BCUT2D eigenvalue weighted by atomic mass is 10.0. The van der Waals surface area contributed by atoms with Gasteiger partial charge in [0, 0.05) is 26.1 Å². The predicted molar refractivity (Wildman–Crippen MR) is 78.5 cm³/mol. The number of hydrogen-bond donors (Lipinski definition) is 2. The van der Waals surface area contributed by atoms with Gasteiger partial charge in [-0.2, -0.15) is 0 Å². The van der Waals surface area contributed by atoms with Gasteiger partial charge < -0.3 is 10.6 Å². The molecule has 2 fully saturated rings. The van der Waals surface area contributed by atoms with Crippen molar-refractivity contribution >= 4 is 11.6 Å². The highest BCUT2D eigenvalue weighted by molar-refractivity contribution is 5.47. The molecule has 1 aromatic rings. The standard InChI is InChI=1S/C15H24N4/c1-3-4-12-18-13(16-2)9-14(19-12)17-10-15(7-8-15)11-5-6-11/h9,11H,3-8,10H2,1-2H3,(H2,16,17,18,19). The van der Waals surface area contributed by atoms with E-state index in [2.05, 4.69) is 27.5 Å². The van der Waals surface area contributed by atoms with Crippen molar-refractivity contribution in [1.29, 1.82) is 0 Å². The molecule has 0 spiro atoms. The Bertz CT molecular complexity index is 449. The molecule has 0 bridgehead atoms. The third-order valence-corrected chi connectivity index (χ3v) is 4.46. The van der Waals surface area contributed by atoms with E-state index in [1.165, 1.54) is 25.7 Å². The number of rotatable bonds is 7. The van der Waals surface area contributed by atoms with Gasteiger partial charge in [-0.1, -0.05) is 6.92 Å². The largest absolute Gasteiger partial charge is 0.373 e. The van der Waals surface area contributed by atoms with E-state index in [0.717, 1.165) is 42.8 Å². The second-order valence-corrected chi connectivity index (χ2v) is 6.04. The van der Waals surface area contributed by atoms with Crippen molar-refractivity contribution in [2.45, 2.75) is 45.4 Å². The first-order valence-electron chi connectivity index (χ1n) is 7.55.